The molecule has 0 bridgehead atoms. The summed E-state index contributed by atoms with van der Waals surface area (Å²) < 4.78 is 11.6. The maximum Gasteiger partial charge on any atom is 0.309 e. The number of nitrogens with zero attached hydrogens (tertiary/aromatic N) is 4. The van der Waals surface area contributed by atoms with Crippen LogP contribution in [0.2, 0.25) is 0 Å². The molecule has 2 amide bonds. The molecule has 0 aliphatic carbocycles. The van der Waals surface area contributed by atoms with Crippen LogP contribution < -0.4 is 14.8 Å². The molecule has 1 aromatic carbocycles. The van der Waals surface area contributed by atoms with E-state index in [1.54, 1.807) is 29.6 Å². The first-order valence-electron chi connectivity index (χ1n) is 12.1. The highest BCUT2D eigenvalue weighted by molar-refractivity contribution is 7.14. The average Bonchev–Trinajstić information content (AvgIpc) is 3.29. The summed E-state index contributed by atoms with van der Waals surface area (Å²) in [5.41, 5.74) is 1.15. The van der Waals surface area contributed by atoms with Gasteiger partial charge in [0.1, 0.15) is 5.75 Å². The molecule has 0 saturated carbocycles. The lowest BCUT2D eigenvalue weighted by atomic mass is 10.1. The van der Waals surface area contributed by atoms with Crippen molar-refractivity contribution in [2.45, 2.75) is 26.4 Å². The van der Waals surface area contributed by atoms with Gasteiger partial charge in [-0.05, 0) is 45.2 Å². The highest BCUT2D eigenvalue weighted by Gasteiger charge is 2.21. The van der Waals surface area contributed by atoms with E-state index in [1.165, 1.54) is 12.1 Å². The van der Waals surface area contributed by atoms with Gasteiger partial charge in [0.05, 0.1) is 23.8 Å². The van der Waals surface area contributed by atoms with Gasteiger partial charge >= 0.3 is 5.97 Å². The third-order valence-corrected chi connectivity index (χ3v) is 6.42. The Morgan fingerprint density at radius 2 is 1.71 bits per heavy atom. The zero-order chi connectivity index (χ0) is 27.2. The number of carboxylic acids is 1. The standard InChI is InChI=1S/C26H29N5O6S/c1-16(2)36-21-12-18(24(34)29-26-27-19(15-38-26)14-23(32)33)13-22(28-21)37-20-6-4-17(5-7-20)25(35)31-10-8-30(3)9-11-31/h4-7,12-13,15-16H,8-11,14H2,1-3H3,(H,32,33)(H,27,29,34). The Labute approximate surface area is 224 Å². The largest absolute Gasteiger partial charge is 0.481 e. The van der Waals surface area contributed by atoms with Crippen LogP contribution in [0.5, 0.6) is 17.5 Å². The van der Waals surface area contributed by atoms with E-state index in [2.05, 4.69) is 20.2 Å². The van der Waals surface area contributed by atoms with Gasteiger partial charge in [-0.15, -0.1) is 11.3 Å². The number of amides is 2. The first kappa shape index (κ1) is 27.0. The van der Waals surface area contributed by atoms with Gasteiger partial charge in [-0.3, -0.25) is 19.7 Å². The highest BCUT2D eigenvalue weighted by Crippen LogP contribution is 2.26. The minimum Gasteiger partial charge on any atom is -0.481 e. The van der Waals surface area contributed by atoms with Crippen LogP contribution in [0.25, 0.3) is 0 Å². The van der Waals surface area contributed by atoms with Gasteiger partial charge in [0, 0.05) is 49.3 Å². The number of nitrogens with one attached hydrogen (secondary N) is 1. The molecule has 2 N–H and O–H groups in total. The predicted octanol–water partition coefficient (Wildman–Crippen LogP) is 3.38. The van der Waals surface area contributed by atoms with E-state index in [0.717, 1.165) is 24.4 Å². The van der Waals surface area contributed by atoms with Crippen molar-refractivity contribution in [1.82, 2.24) is 19.8 Å². The SMILES string of the molecule is CC(C)Oc1cc(C(=O)Nc2nc(CC(=O)O)cs2)cc(Oc2ccc(C(=O)N3CCN(C)CC3)cc2)n1. The number of anilines is 1. The number of thiazole rings is 1. The molecule has 12 heteroatoms. The smallest absolute Gasteiger partial charge is 0.309 e. The van der Waals surface area contributed by atoms with Crippen molar-refractivity contribution in [1.29, 1.82) is 0 Å². The minimum atomic E-state index is -1.00. The van der Waals surface area contributed by atoms with Crippen LogP contribution in [-0.2, 0) is 11.2 Å². The zero-order valence-electron chi connectivity index (χ0n) is 21.3. The molecule has 0 unspecified atom stereocenters. The molecular formula is C26H29N5O6S. The summed E-state index contributed by atoms with van der Waals surface area (Å²) in [5, 5.41) is 13.4. The third kappa shape index (κ3) is 7.26. The van der Waals surface area contributed by atoms with Gasteiger partial charge in [-0.1, -0.05) is 0 Å². The number of ether oxygens (including phenoxy) is 2. The summed E-state index contributed by atoms with van der Waals surface area (Å²) in [6, 6.07) is 9.73. The van der Waals surface area contributed by atoms with Gasteiger partial charge in [0.15, 0.2) is 5.13 Å². The van der Waals surface area contributed by atoms with Crippen LogP contribution >= 0.6 is 11.3 Å². The number of aromatic nitrogens is 2. The van der Waals surface area contributed by atoms with E-state index < -0.39 is 11.9 Å². The van der Waals surface area contributed by atoms with Gasteiger partial charge in [0.2, 0.25) is 11.8 Å². The van der Waals surface area contributed by atoms with Crippen LogP contribution in [0.4, 0.5) is 5.13 Å². The number of aliphatic carboxylic acids is 1. The Kier molecular flexibility index (Phi) is 8.54. The fourth-order valence-corrected chi connectivity index (χ4v) is 4.42. The molecule has 0 radical (unpaired) electrons. The normalized spacial score (nSPS) is 13.8. The molecule has 0 atom stereocenters. The molecular weight excluding hydrogens is 510 g/mol. The molecule has 4 rings (SSSR count). The second-order valence-corrected chi connectivity index (χ2v) is 9.95. The number of piperazine rings is 1. The van der Waals surface area contributed by atoms with E-state index in [9.17, 15) is 14.4 Å². The van der Waals surface area contributed by atoms with Gasteiger partial charge in [-0.2, -0.15) is 4.98 Å². The minimum absolute atomic E-state index is 0.0252. The lowest BCUT2D eigenvalue weighted by Crippen LogP contribution is -2.47. The molecule has 3 heterocycles. The first-order chi connectivity index (χ1) is 18.2. The first-order valence-corrected chi connectivity index (χ1v) is 13.0. The van der Waals surface area contributed by atoms with Crippen molar-refractivity contribution in [3.8, 4) is 17.5 Å². The van der Waals surface area contributed by atoms with E-state index in [1.807, 2.05) is 25.8 Å². The third-order valence-electron chi connectivity index (χ3n) is 5.62. The van der Waals surface area contributed by atoms with Gasteiger partial charge in [0.25, 0.3) is 11.8 Å². The molecule has 1 saturated heterocycles. The maximum atomic E-state index is 12.9. The van der Waals surface area contributed by atoms with Crippen LogP contribution in [0.15, 0.2) is 41.8 Å². The quantitative estimate of drug-likeness (QED) is 0.420. The van der Waals surface area contributed by atoms with Gasteiger partial charge in [-0.25, -0.2) is 4.98 Å². The van der Waals surface area contributed by atoms with E-state index in [0.29, 0.717) is 30.1 Å². The number of rotatable bonds is 9. The Balaban J connectivity index is 1.48. The molecule has 11 nitrogen and oxygen atoms in total. The van der Waals surface area contributed by atoms with Gasteiger partial charge < -0.3 is 24.4 Å². The lowest BCUT2D eigenvalue weighted by molar-refractivity contribution is -0.136. The maximum absolute atomic E-state index is 12.9. The zero-order valence-corrected chi connectivity index (χ0v) is 22.2. The number of pyridine rings is 1. The second kappa shape index (κ2) is 12.0. The summed E-state index contributed by atoms with van der Waals surface area (Å²) >= 11 is 1.13. The summed E-state index contributed by atoms with van der Waals surface area (Å²) in [4.78, 5) is 49.1. The number of carbonyl (C=O) groups is 3. The Morgan fingerprint density at radius 3 is 2.37 bits per heavy atom. The second-order valence-electron chi connectivity index (χ2n) is 9.09. The fourth-order valence-electron chi connectivity index (χ4n) is 3.71. The average molecular weight is 540 g/mol. The Hall–Kier alpha value is -4.03. The topological polar surface area (TPSA) is 134 Å². The number of benzene rings is 1. The van der Waals surface area contributed by atoms with Crippen molar-refractivity contribution in [2.75, 3.05) is 38.5 Å². The molecule has 1 aliphatic heterocycles. The van der Waals surface area contributed by atoms with Crippen molar-refractivity contribution in [3.05, 3.63) is 58.6 Å². The van der Waals surface area contributed by atoms with E-state index >= 15 is 0 Å². The van der Waals surface area contributed by atoms with Crippen molar-refractivity contribution in [3.63, 3.8) is 0 Å². The van der Waals surface area contributed by atoms with Crippen molar-refractivity contribution in [2.24, 2.45) is 0 Å². The highest BCUT2D eigenvalue weighted by atomic mass is 32.1. The molecule has 1 fully saturated rings. The molecule has 3 aromatic rings. The number of carboxylic acid groups (broad SMARTS) is 1. The number of hydrogen-bond acceptors (Lipinski definition) is 9. The van der Waals surface area contributed by atoms with Crippen LogP contribution in [0, 0.1) is 0 Å². The number of hydrogen-bond donors (Lipinski definition) is 2. The van der Waals surface area contributed by atoms with Crippen LogP contribution in [0.1, 0.15) is 40.3 Å². The number of likely N-dealkylation sites (N-methyl/N-ethyl adjacent to an activating group) is 1. The molecule has 38 heavy (non-hydrogen) atoms. The summed E-state index contributed by atoms with van der Waals surface area (Å²) in [6.07, 6.45) is -0.419. The van der Waals surface area contributed by atoms with Crippen LogP contribution in [0.3, 0.4) is 0 Å². The van der Waals surface area contributed by atoms with Crippen molar-refractivity contribution >= 4 is 34.3 Å². The predicted molar refractivity (Wildman–Crippen MR) is 141 cm³/mol. The van der Waals surface area contributed by atoms with Crippen LogP contribution in [-0.4, -0.2) is 82.0 Å². The van der Waals surface area contributed by atoms with E-state index in [4.69, 9.17) is 14.6 Å². The summed E-state index contributed by atoms with van der Waals surface area (Å²) in [5.74, 6) is -0.722. The molecule has 2 aromatic heterocycles. The summed E-state index contributed by atoms with van der Waals surface area (Å²) in [6.45, 7) is 6.74. The lowest BCUT2D eigenvalue weighted by Gasteiger charge is -2.32. The fraction of sp³-hybridized carbons (Fsp3) is 0.346. The van der Waals surface area contributed by atoms with E-state index in [-0.39, 0.29) is 40.9 Å². The number of carbonyl (C=O) groups excluding carboxylic acids is 2. The monoisotopic (exact) mass is 539 g/mol. The Morgan fingerprint density at radius 1 is 1.03 bits per heavy atom. The molecule has 0 spiro atoms. The van der Waals surface area contributed by atoms with Crippen molar-refractivity contribution < 1.29 is 29.0 Å². The summed E-state index contributed by atoms with van der Waals surface area (Å²) in [7, 11) is 2.04. The Bertz CT molecular complexity index is 1300. The molecule has 1 aliphatic rings. The molecule has 200 valence electrons.